The Bertz CT molecular complexity index is 799. The average Bonchev–Trinajstić information content (AvgIpc) is 3.00. The van der Waals surface area contributed by atoms with Gasteiger partial charge in [-0.05, 0) is 17.7 Å². The van der Waals surface area contributed by atoms with Gasteiger partial charge in [-0.3, -0.25) is 9.59 Å². The number of carbonyl (C=O) groups excluding carboxylic acids is 2. The Kier molecular flexibility index (Phi) is 6.41. The zero-order valence-corrected chi connectivity index (χ0v) is 15.4. The number of aliphatic hydroxyl groups excluding tert-OH is 1. The van der Waals surface area contributed by atoms with Gasteiger partial charge in [0.25, 0.3) is 5.91 Å². The molecular formula is C21H24N2O5. The summed E-state index contributed by atoms with van der Waals surface area (Å²) < 4.78 is 5.45. The third kappa shape index (κ3) is 4.95. The fourth-order valence-electron chi connectivity index (χ4n) is 3.08. The summed E-state index contributed by atoms with van der Waals surface area (Å²) in [5.74, 6) is -0.546. The van der Waals surface area contributed by atoms with Gasteiger partial charge in [0.15, 0.2) is 0 Å². The Morgan fingerprint density at radius 2 is 1.68 bits per heavy atom. The first kappa shape index (κ1) is 20.0. The third-order valence-corrected chi connectivity index (χ3v) is 4.75. The first-order valence-electron chi connectivity index (χ1n) is 9.14. The van der Waals surface area contributed by atoms with Crippen molar-refractivity contribution < 1.29 is 24.5 Å². The van der Waals surface area contributed by atoms with Gasteiger partial charge in [-0.15, -0.1) is 0 Å². The van der Waals surface area contributed by atoms with Crippen molar-refractivity contribution in [2.24, 2.45) is 0 Å². The third-order valence-electron chi connectivity index (χ3n) is 4.75. The molecule has 0 spiro atoms. The Morgan fingerprint density at radius 1 is 1.04 bits per heavy atom. The lowest BCUT2D eigenvalue weighted by atomic mass is 9.96. The lowest BCUT2D eigenvalue weighted by molar-refractivity contribution is -0.121. The van der Waals surface area contributed by atoms with E-state index in [4.69, 9.17) is 4.74 Å². The summed E-state index contributed by atoms with van der Waals surface area (Å²) in [6, 6.07) is 17.9. The van der Waals surface area contributed by atoms with Crippen LogP contribution in [0.2, 0.25) is 0 Å². The van der Waals surface area contributed by atoms with Crippen LogP contribution >= 0.6 is 0 Å². The molecule has 0 bridgehead atoms. The lowest BCUT2D eigenvalue weighted by Crippen LogP contribution is -2.53. The molecule has 0 radical (unpaired) electrons. The quantitative estimate of drug-likeness (QED) is 0.548. The van der Waals surface area contributed by atoms with Gasteiger partial charge in [0.05, 0.1) is 19.6 Å². The second-order valence-corrected chi connectivity index (χ2v) is 6.91. The van der Waals surface area contributed by atoms with Crippen LogP contribution in [-0.4, -0.2) is 59.5 Å². The molecule has 2 aromatic carbocycles. The van der Waals surface area contributed by atoms with Gasteiger partial charge in [0.2, 0.25) is 5.91 Å². The van der Waals surface area contributed by atoms with E-state index >= 15 is 0 Å². The van der Waals surface area contributed by atoms with E-state index in [0.29, 0.717) is 5.56 Å². The van der Waals surface area contributed by atoms with Crippen LogP contribution in [0, 0.1) is 0 Å². The van der Waals surface area contributed by atoms with Crippen molar-refractivity contribution in [3.63, 3.8) is 0 Å². The molecule has 3 rings (SSSR count). The summed E-state index contributed by atoms with van der Waals surface area (Å²) in [5.41, 5.74) is -0.267. The number of hydrogen-bond acceptors (Lipinski definition) is 5. The molecule has 1 aliphatic rings. The molecule has 3 atom stereocenters. The minimum atomic E-state index is -1.61. The highest BCUT2D eigenvalue weighted by Gasteiger charge is 2.48. The van der Waals surface area contributed by atoms with E-state index in [1.165, 1.54) is 0 Å². The van der Waals surface area contributed by atoms with Crippen molar-refractivity contribution in [1.82, 2.24) is 10.6 Å². The smallest absolute Gasteiger partial charge is 0.251 e. The van der Waals surface area contributed by atoms with Crippen molar-refractivity contribution in [2.75, 3.05) is 19.7 Å². The standard InChI is InChI=1S/C21H24N2O5/c24-18(11-15-7-3-1-4-8-15)22-12-17-19(25)21(27,14-28-17)13-23-20(26)16-9-5-2-6-10-16/h1-10,17,19,25,27H,11-14H2,(H,22,24)(H,23,26)/t17-,19-,21+/m1/s1. The topological polar surface area (TPSA) is 108 Å². The predicted octanol–water partition coefficient (Wildman–Crippen LogP) is 0.266. The van der Waals surface area contributed by atoms with Crippen LogP contribution in [0.4, 0.5) is 0 Å². The van der Waals surface area contributed by atoms with Crippen LogP contribution < -0.4 is 10.6 Å². The summed E-state index contributed by atoms with van der Waals surface area (Å²) >= 11 is 0. The van der Waals surface area contributed by atoms with E-state index in [2.05, 4.69) is 10.6 Å². The summed E-state index contributed by atoms with van der Waals surface area (Å²) in [5, 5.41) is 26.4. The molecule has 0 unspecified atom stereocenters. The van der Waals surface area contributed by atoms with E-state index in [0.717, 1.165) is 5.56 Å². The van der Waals surface area contributed by atoms with Crippen molar-refractivity contribution in [3.05, 3.63) is 71.8 Å². The van der Waals surface area contributed by atoms with Crippen LogP contribution in [0.15, 0.2) is 60.7 Å². The maximum Gasteiger partial charge on any atom is 0.251 e. The van der Waals surface area contributed by atoms with E-state index in [1.54, 1.807) is 30.3 Å². The van der Waals surface area contributed by atoms with Gasteiger partial charge in [-0.1, -0.05) is 48.5 Å². The molecule has 0 saturated carbocycles. The first-order valence-corrected chi connectivity index (χ1v) is 9.14. The fourth-order valence-corrected chi connectivity index (χ4v) is 3.08. The predicted molar refractivity (Wildman–Crippen MR) is 103 cm³/mol. The summed E-state index contributed by atoms with van der Waals surface area (Å²) in [6.45, 7) is -0.222. The van der Waals surface area contributed by atoms with Gasteiger partial charge >= 0.3 is 0 Å². The molecule has 148 valence electrons. The minimum absolute atomic E-state index is 0.0712. The molecule has 2 aromatic rings. The van der Waals surface area contributed by atoms with Gasteiger partial charge in [-0.25, -0.2) is 0 Å². The number of carbonyl (C=O) groups is 2. The van der Waals surface area contributed by atoms with Crippen LogP contribution in [0.5, 0.6) is 0 Å². The monoisotopic (exact) mass is 384 g/mol. The molecule has 1 aliphatic heterocycles. The Labute approximate surface area is 163 Å². The highest BCUT2D eigenvalue weighted by atomic mass is 16.5. The van der Waals surface area contributed by atoms with Crippen LogP contribution in [0.25, 0.3) is 0 Å². The Balaban J connectivity index is 1.47. The molecule has 4 N–H and O–H groups in total. The van der Waals surface area contributed by atoms with Crippen LogP contribution in [0.3, 0.4) is 0 Å². The van der Waals surface area contributed by atoms with Gasteiger partial charge in [0.1, 0.15) is 17.8 Å². The zero-order valence-electron chi connectivity index (χ0n) is 15.4. The number of benzene rings is 2. The molecule has 28 heavy (non-hydrogen) atoms. The highest BCUT2D eigenvalue weighted by molar-refractivity contribution is 5.94. The van der Waals surface area contributed by atoms with E-state index in [1.807, 2.05) is 30.3 Å². The molecule has 2 amide bonds. The largest absolute Gasteiger partial charge is 0.387 e. The maximum atomic E-state index is 12.1. The number of nitrogens with one attached hydrogen (secondary N) is 2. The molecule has 1 fully saturated rings. The summed E-state index contributed by atoms with van der Waals surface area (Å²) in [4.78, 5) is 24.2. The summed E-state index contributed by atoms with van der Waals surface area (Å²) in [7, 11) is 0. The molecule has 0 aromatic heterocycles. The maximum absolute atomic E-state index is 12.1. The summed E-state index contributed by atoms with van der Waals surface area (Å²) in [6.07, 6.45) is -1.76. The molecular weight excluding hydrogens is 360 g/mol. The number of ether oxygens (including phenoxy) is 1. The lowest BCUT2D eigenvalue weighted by Gasteiger charge is -2.26. The normalized spacial score (nSPS) is 23.9. The van der Waals surface area contributed by atoms with Crippen molar-refractivity contribution in [2.45, 2.75) is 24.2 Å². The highest BCUT2D eigenvalue weighted by Crippen LogP contribution is 2.24. The molecule has 0 aliphatic carbocycles. The zero-order chi connectivity index (χ0) is 20.0. The van der Waals surface area contributed by atoms with Crippen LogP contribution in [-0.2, 0) is 16.0 Å². The minimum Gasteiger partial charge on any atom is -0.387 e. The van der Waals surface area contributed by atoms with Gasteiger partial charge < -0.3 is 25.6 Å². The molecule has 1 saturated heterocycles. The number of amides is 2. The van der Waals surface area contributed by atoms with Crippen molar-refractivity contribution >= 4 is 11.8 Å². The Hall–Kier alpha value is -2.74. The molecule has 1 heterocycles. The first-order chi connectivity index (χ1) is 13.5. The van der Waals surface area contributed by atoms with E-state index < -0.39 is 17.8 Å². The van der Waals surface area contributed by atoms with E-state index in [9.17, 15) is 19.8 Å². The second kappa shape index (κ2) is 8.97. The van der Waals surface area contributed by atoms with Gasteiger partial charge in [-0.2, -0.15) is 0 Å². The fraction of sp³-hybridized carbons (Fsp3) is 0.333. The molecule has 7 nitrogen and oxygen atoms in total. The number of rotatable bonds is 7. The van der Waals surface area contributed by atoms with Crippen LogP contribution in [0.1, 0.15) is 15.9 Å². The second-order valence-electron chi connectivity index (χ2n) is 6.91. The Morgan fingerprint density at radius 3 is 2.36 bits per heavy atom. The van der Waals surface area contributed by atoms with Crippen molar-refractivity contribution in [3.8, 4) is 0 Å². The number of hydrogen-bond donors (Lipinski definition) is 4. The van der Waals surface area contributed by atoms with Gasteiger partial charge in [0, 0.05) is 12.1 Å². The average molecular weight is 384 g/mol. The molecule has 7 heteroatoms. The van der Waals surface area contributed by atoms with Crippen molar-refractivity contribution in [1.29, 1.82) is 0 Å². The number of aliphatic hydroxyl groups is 2. The SMILES string of the molecule is O=C(Cc1ccccc1)NC[C@H]1OC[C@@](O)(CNC(=O)c2ccccc2)[C@@H]1O. The van der Waals surface area contributed by atoms with E-state index in [-0.39, 0.29) is 37.9 Å².